The Bertz CT molecular complexity index is 6270. The van der Waals surface area contributed by atoms with Gasteiger partial charge in [0.1, 0.15) is 28.3 Å². The number of hydrogen-bond acceptors (Lipinski definition) is 24. The van der Waals surface area contributed by atoms with Crippen LogP contribution < -0.4 is 81.3 Å². The Morgan fingerprint density at radius 2 is 0.942 bits per heavy atom. The number of anilines is 3. The second kappa shape index (κ2) is 37.0. The summed E-state index contributed by atoms with van der Waals surface area (Å²) >= 11 is 0. The van der Waals surface area contributed by atoms with Crippen molar-refractivity contribution in [1.29, 1.82) is 0 Å². The number of ether oxygens (including phenoxy) is 7. The summed E-state index contributed by atoms with van der Waals surface area (Å²) in [6.45, 7) is 24.4. The lowest BCUT2D eigenvalue weighted by Crippen LogP contribution is -2.50. The number of rotatable bonds is 18. The normalized spacial score (nSPS) is 15.4. The topological polar surface area (TPSA) is 281 Å². The highest BCUT2D eigenvalue weighted by atomic mass is 16.5. The first-order valence-corrected chi connectivity index (χ1v) is 41.3. The van der Waals surface area contributed by atoms with E-state index in [0.29, 0.717) is 104 Å². The van der Waals surface area contributed by atoms with Gasteiger partial charge in [-0.25, -0.2) is 24.5 Å². The highest BCUT2D eigenvalue weighted by Crippen LogP contribution is 2.37. The van der Waals surface area contributed by atoms with E-state index in [4.69, 9.17) is 53.1 Å². The van der Waals surface area contributed by atoms with Crippen molar-refractivity contribution in [3.63, 3.8) is 0 Å². The van der Waals surface area contributed by atoms with E-state index in [9.17, 15) is 19.2 Å². The second-order valence-corrected chi connectivity index (χ2v) is 31.1. The molecule has 10 aromatic heterocycles. The monoisotopic (exact) mass is 1640 g/mol. The van der Waals surface area contributed by atoms with Crippen molar-refractivity contribution in [1.82, 2.24) is 73.0 Å². The van der Waals surface area contributed by atoms with Gasteiger partial charge in [-0.2, -0.15) is 5.10 Å². The van der Waals surface area contributed by atoms with Crippen LogP contribution in [0.25, 0.3) is 78.8 Å². The molecule has 5 aliphatic rings. The number of methoxy groups -OCH3 is 6. The number of nitrogens with zero attached hydrogens (tertiary/aromatic N) is 15. The fourth-order valence-electron chi connectivity index (χ4n) is 16.6. The van der Waals surface area contributed by atoms with Gasteiger partial charge in [0.25, 0.3) is 22.2 Å². The number of nitrogens with one attached hydrogen (secondary N) is 3. The number of aromatic nitrogens is 11. The van der Waals surface area contributed by atoms with Gasteiger partial charge in [0, 0.05) is 143 Å². The lowest BCUT2D eigenvalue weighted by atomic mass is 9.99. The Hall–Kier alpha value is -12.5. The van der Waals surface area contributed by atoms with Crippen LogP contribution >= 0.6 is 0 Å². The molecule has 5 aliphatic heterocycles. The predicted molar refractivity (Wildman–Crippen MR) is 474 cm³/mol. The molecule has 0 bridgehead atoms. The number of benzene rings is 3. The molecule has 18 rings (SSSR count). The third-order valence-electron chi connectivity index (χ3n) is 23.4. The number of hydrogen-bond donors (Lipinski definition) is 3. The molecule has 13 aromatic rings. The highest BCUT2D eigenvalue weighted by Gasteiger charge is 2.29. The molecule has 0 unspecified atom stereocenters. The van der Waals surface area contributed by atoms with E-state index in [1.54, 1.807) is 89.0 Å². The van der Waals surface area contributed by atoms with E-state index in [0.717, 1.165) is 190 Å². The molecular weight excluding hydrogens is 1530 g/mol. The van der Waals surface area contributed by atoms with Crippen LogP contribution in [0.15, 0.2) is 171 Å². The highest BCUT2D eigenvalue weighted by molar-refractivity contribution is 5.73. The van der Waals surface area contributed by atoms with Crippen molar-refractivity contribution in [3.05, 3.63) is 227 Å². The predicted octanol–water partition coefficient (Wildman–Crippen LogP) is 10.7. The quantitative estimate of drug-likeness (QED) is 0.0720. The Balaban J connectivity index is 0.000000126. The molecule has 15 heterocycles. The van der Waals surface area contributed by atoms with Crippen LogP contribution in [-0.2, 0) is 4.74 Å². The van der Waals surface area contributed by atoms with Crippen molar-refractivity contribution < 1.29 is 33.2 Å². The Labute approximate surface area is 701 Å². The van der Waals surface area contributed by atoms with Crippen LogP contribution in [0.3, 0.4) is 0 Å². The summed E-state index contributed by atoms with van der Waals surface area (Å²) in [7, 11) is 11.6. The van der Waals surface area contributed by atoms with Crippen LogP contribution in [0.2, 0.25) is 0 Å². The van der Waals surface area contributed by atoms with Gasteiger partial charge in [-0.05, 0) is 199 Å². The van der Waals surface area contributed by atoms with Crippen LogP contribution in [0.5, 0.6) is 34.5 Å². The smallest absolute Gasteiger partial charge is 0.258 e. The van der Waals surface area contributed by atoms with Crippen molar-refractivity contribution >= 4 is 50.7 Å². The minimum absolute atomic E-state index is 0.0951. The van der Waals surface area contributed by atoms with Crippen LogP contribution in [0.1, 0.15) is 72.7 Å². The number of fused-ring (bicyclic) bond motifs is 5. The zero-order chi connectivity index (χ0) is 84.7. The third kappa shape index (κ3) is 18.2. The molecule has 121 heavy (non-hydrogen) atoms. The molecule has 0 aliphatic carbocycles. The van der Waals surface area contributed by atoms with Crippen LogP contribution in [-0.4, -0.2) is 210 Å². The summed E-state index contributed by atoms with van der Waals surface area (Å²) in [5, 5.41) is 14.9. The molecule has 0 spiro atoms. The molecule has 4 fully saturated rings. The van der Waals surface area contributed by atoms with Gasteiger partial charge in [0.2, 0.25) is 0 Å². The van der Waals surface area contributed by atoms with Gasteiger partial charge in [-0.15, -0.1) is 0 Å². The molecular formula is C92H106N18O11. The van der Waals surface area contributed by atoms with Crippen LogP contribution in [0, 0.1) is 34.6 Å². The first kappa shape index (κ1) is 83.5. The summed E-state index contributed by atoms with van der Waals surface area (Å²) in [4.78, 5) is 84.8. The van der Waals surface area contributed by atoms with E-state index in [-0.39, 0.29) is 22.2 Å². The van der Waals surface area contributed by atoms with Gasteiger partial charge in [0.05, 0.1) is 125 Å². The minimum Gasteiger partial charge on any atom is -0.493 e. The van der Waals surface area contributed by atoms with Crippen LogP contribution in [0.4, 0.5) is 17.1 Å². The lowest BCUT2D eigenvalue weighted by Gasteiger charge is -2.38. The summed E-state index contributed by atoms with van der Waals surface area (Å²) in [5.74, 6) is 3.74. The Kier molecular flexibility index (Phi) is 25.5. The number of aryl methyl sites for hydroxylation is 5. The second-order valence-electron chi connectivity index (χ2n) is 31.1. The molecule has 3 aromatic carbocycles. The SMILES string of the molecule is CCNC1CCN(c2cc(C)c3nc(-c4ccc(OC)c(OC)c4)cc(=O)n3c2)CC1.CNC1CCN(c2cc(C)c3nc(-c4ccc(OC)c(OC)c4)cc(=O)n3c2)CC1.COc1ccc(-c2cc(=O)n3cc(N4CCNCC4)c(C)cc3n2)cc1OC.Cc1cn2nc(-c3cc(=O)n4cc(C5=CCN(C6COC6)CC5)ccc4n3)cc2c(C)n1. The third-order valence-corrected chi connectivity index (χ3v) is 23.4. The van der Waals surface area contributed by atoms with Crippen molar-refractivity contribution in [3.8, 4) is 79.7 Å². The molecule has 0 atom stereocenters. The maximum absolute atomic E-state index is 13.0. The lowest BCUT2D eigenvalue weighted by molar-refractivity contribution is -0.0612. The zero-order valence-electron chi connectivity index (χ0n) is 71.1. The molecule has 29 heteroatoms. The van der Waals surface area contributed by atoms with Gasteiger partial charge in [0.15, 0.2) is 34.5 Å². The maximum atomic E-state index is 13.0. The van der Waals surface area contributed by atoms with Gasteiger partial charge >= 0.3 is 0 Å². The molecule has 29 nitrogen and oxygen atoms in total. The number of pyridine rings is 4. The Morgan fingerprint density at radius 3 is 1.43 bits per heavy atom. The first-order valence-electron chi connectivity index (χ1n) is 41.3. The molecule has 0 amide bonds. The largest absolute Gasteiger partial charge is 0.493 e. The first-order chi connectivity index (χ1) is 58.7. The summed E-state index contributed by atoms with van der Waals surface area (Å²) in [6, 6.07) is 36.7. The molecule has 4 saturated heterocycles. The van der Waals surface area contributed by atoms with E-state index >= 15 is 0 Å². The summed E-state index contributed by atoms with van der Waals surface area (Å²) < 4.78 is 45.7. The number of piperazine rings is 1. The summed E-state index contributed by atoms with van der Waals surface area (Å²) in [6.07, 6.45) is 17.2. The van der Waals surface area contributed by atoms with Gasteiger partial charge < -0.3 is 63.8 Å². The average Bonchev–Trinajstić information content (AvgIpc) is 1.17. The zero-order valence-corrected chi connectivity index (χ0v) is 71.1. The molecule has 0 radical (unpaired) electrons. The van der Waals surface area contributed by atoms with E-state index in [2.05, 4.69) is 83.8 Å². The van der Waals surface area contributed by atoms with Crippen molar-refractivity contribution in [2.24, 2.45) is 0 Å². The molecule has 630 valence electrons. The fraction of sp³-hybridized carbons (Fsp3) is 0.370. The van der Waals surface area contributed by atoms with Gasteiger partial charge in [-0.1, -0.05) is 13.0 Å². The van der Waals surface area contributed by atoms with Crippen molar-refractivity contribution in [2.75, 3.05) is 150 Å². The maximum Gasteiger partial charge on any atom is 0.258 e. The molecule has 0 saturated carbocycles. The standard InChI is InChI=1S/C24H24N6O2.C24H30N4O3.C23H28N4O3.C21H24N4O3/c1-15-11-30-22(16(2)25-15)9-21(27-30)20-10-24(31)29-12-18(3-4-23(29)26-20)17-5-7-28(8-6-17)19-13-32-14-19;1-5-25-18-8-10-27(11-9-18)19-12-16(2)24-26-20(14-23(29)28(24)15-19)17-6-7-21(30-3)22(13-17)31-4;1-15-11-18(26-9-7-17(24-2)8-10-26)14-27-22(28)13-19(25-23(15)27)16-5-6-20(29-3)21(12-16)30-4;1-14-10-20-23-16(15-4-5-18(27-2)19(11-15)28-3)12-21(26)25(20)13-17(14)24-8-6-22-7-9-24/h3-5,9-12,19H,6-8,13-14H2,1-2H3;6-7,12-15,18,25H,5,8-11H2,1-4H3;5-6,11-14,17,24H,7-10H2,1-4H3;4-5,10-13,22H,6-9H2,1-3H3. The van der Waals surface area contributed by atoms with E-state index in [1.807, 2.05) is 139 Å². The van der Waals surface area contributed by atoms with Gasteiger partial charge in [-0.3, -0.25) is 46.7 Å². The van der Waals surface area contributed by atoms with Crippen molar-refractivity contribution in [2.45, 2.75) is 91.8 Å². The van der Waals surface area contributed by atoms with E-state index in [1.165, 1.54) is 5.57 Å². The Morgan fingerprint density at radius 1 is 0.455 bits per heavy atom. The average molecular weight is 1640 g/mol. The fourth-order valence-corrected chi connectivity index (χ4v) is 16.6. The number of piperidine rings is 2. The molecule has 3 N–H and O–H groups in total. The minimum atomic E-state index is -0.111. The summed E-state index contributed by atoms with van der Waals surface area (Å²) in [5.41, 5.74) is 19.0. The van der Waals surface area contributed by atoms with E-state index < -0.39 is 0 Å².